The predicted molar refractivity (Wildman–Crippen MR) is 97.0 cm³/mol. The normalized spacial score (nSPS) is 11.4. The van der Waals surface area contributed by atoms with Crippen LogP contribution in [0, 0.1) is 6.92 Å². The maximum absolute atomic E-state index is 13.0. The molecule has 25 heavy (non-hydrogen) atoms. The Kier molecular flexibility index (Phi) is 5.62. The maximum atomic E-state index is 13.0. The summed E-state index contributed by atoms with van der Waals surface area (Å²) < 4.78 is 1.84. The molecule has 2 amide bonds. The summed E-state index contributed by atoms with van der Waals surface area (Å²) >= 11 is 0. The van der Waals surface area contributed by atoms with Crippen LogP contribution in [0.25, 0.3) is 0 Å². The molecule has 2 aromatic rings. The second-order valence-electron chi connectivity index (χ2n) is 7.15. The number of aromatic nitrogens is 2. The summed E-state index contributed by atoms with van der Waals surface area (Å²) in [4.78, 5) is 25.9. The van der Waals surface area contributed by atoms with Crippen LogP contribution in [0.5, 0.6) is 0 Å². The molecular formula is C19H26N4O2. The number of hydrogen-bond acceptors (Lipinski definition) is 3. The Morgan fingerprint density at radius 1 is 1.20 bits per heavy atom. The Bertz CT molecular complexity index is 745. The van der Waals surface area contributed by atoms with Gasteiger partial charge in [-0.1, -0.05) is 30.3 Å². The first-order chi connectivity index (χ1) is 11.7. The van der Waals surface area contributed by atoms with E-state index in [0.717, 1.165) is 11.3 Å². The SMILES string of the molecule is Cc1c(C(=O)N(CCC(N)=O)Cc2ccccc2)cnn1C(C)(C)C. The standard InChI is InChI=1S/C19H26N4O2/c1-14-16(12-21-23(14)19(2,3)4)18(25)22(11-10-17(20)24)13-15-8-6-5-7-9-15/h5-9,12H,10-11,13H2,1-4H3,(H2,20,24). The molecule has 134 valence electrons. The number of benzene rings is 1. The number of carbonyl (C=O) groups is 2. The Morgan fingerprint density at radius 2 is 1.84 bits per heavy atom. The van der Waals surface area contributed by atoms with Crippen LogP contribution in [-0.4, -0.2) is 33.0 Å². The van der Waals surface area contributed by atoms with Crippen molar-refractivity contribution in [3.8, 4) is 0 Å². The summed E-state index contributed by atoms with van der Waals surface area (Å²) in [5.74, 6) is -0.564. The van der Waals surface area contributed by atoms with Crippen molar-refractivity contribution in [2.45, 2.75) is 46.2 Å². The van der Waals surface area contributed by atoms with Gasteiger partial charge >= 0.3 is 0 Å². The molecule has 0 saturated carbocycles. The second-order valence-corrected chi connectivity index (χ2v) is 7.15. The minimum Gasteiger partial charge on any atom is -0.370 e. The maximum Gasteiger partial charge on any atom is 0.257 e. The Hall–Kier alpha value is -2.63. The monoisotopic (exact) mass is 342 g/mol. The molecule has 0 bridgehead atoms. The summed E-state index contributed by atoms with van der Waals surface area (Å²) in [5, 5.41) is 4.37. The average Bonchev–Trinajstić information content (AvgIpc) is 2.93. The van der Waals surface area contributed by atoms with E-state index in [4.69, 9.17) is 5.73 Å². The van der Waals surface area contributed by atoms with Crippen molar-refractivity contribution < 1.29 is 9.59 Å². The first-order valence-corrected chi connectivity index (χ1v) is 8.36. The minimum atomic E-state index is -0.423. The molecule has 0 saturated heterocycles. The lowest BCUT2D eigenvalue weighted by molar-refractivity contribution is -0.118. The number of carbonyl (C=O) groups excluding carboxylic acids is 2. The molecule has 0 fully saturated rings. The van der Waals surface area contributed by atoms with E-state index < -0.39 is 5.91 Å². The topological polar surface area (TPSA) is 81.2 Å². The molecule has 6 nitrogen and oxygen atoms in total. The molecule has 0 spiro atoms. The van der Waals surface area contributed by atoms with Gasteiger partial charge < -0.3 is 10.6 Å². The van der Waals surface area contributed by atoms with Crippen LogP contribution in [0.4, 0.5) is 0 Å². The minimum absolute atomic E-state index is 0.130. The van der Waals surface area contributed by atoms with Crippen molar-refractivity contribution in [1.29, 1.82) is 0 Å². The molecule has 0 aliphatic heterocycles. The van der Waals surface area contributed by atoms with Gasteiger partial charge in [0.15, 0.2) is 0 Å². The number of nitrogens with zero attached hydrogens (tertiary/aromatic N) is 3. The summed E-state index contributed by atoms with van der Waals surface area (Å²) in [6, 6.07) is 9.69. The van der Waals surface area contributed by atoms with Crippen LogP contribution in [0.3, 0.4) is 0 Å². The Morgan fingerprint density at radius 3 is 2.36 bits per heavy atom. The highest BCUT2D eigenvalue weighted by atomic mass is 16.2. The zero-order valence-corrected chi connectivity index (χ0v) is 15.3. The smallest absolute Gasteiger partial charge is 0.257 e. The van der Waals surface area contributed by atoms with E-state index in [0.29, 0.717) is 12.1 Å². The molecule has 0 aliphatic rings. The molecule has 6 heteroatoms. The fourth-order valence-corrected chi connectivity index (χ4v) is 2.77. The lowest BCUT2D eigenvalue weighted by Crippen LogP contribution is -2.34. The number of rotatable bonds is 6. The lowest BCUT2D eigenvalue weighted by Gasteiger charge is -2.24. The van der Waals surface area contributed by atoms with E-state index in [2.05, 4.69) is 5.10 Å². The van der Waals surface area contributed by atoms with E-state index in [-0.39, 0.29) is 24.4 Å². The van der Waals surface area contributed by atoms with Gasteiger partial charge in [0.2, 0.25) is 5.91 Å². The largest absolute Gasteiger partial charge is 0.370 e. The van der Waals surface area contributed by atoms with Crippen LogP contribution < -0.4 is 5.73 Å². The fraction of sp³-hybridized carbons (Fsp3) is 0.421. The highest BCUT2D eigenvalue weighted by Gasteiger charge is 2.25. The molecule has 2 N–H and O–H groups in total. The molecular weight excluding hydrogens is 316 g/mol. The summed E-state index contributed by atoms with van der Waals surface area (Å²) in [6.45, 7) is 8.71. The predicted octanol–water partition coefficient (Wildman–Crippen LogP) is 2.46. The molecule has 0 radical (unpaired) electrons. The van der Waals surface area contributed by atoms with Gasteiger partial charge in [0, 0.05) is 25.2 Å². The quantitative estimate of drug-likeness (QED) is 0.875. The van der Waals surface area contributed by atoms with E-state index in [1.165, 1.54) is 0 Å². The van der Waals surface area contributed by atoms with Crippen molar-refractivity contribution in [3.05, 3.63) is 53.3 Å². The van der Waals surface area contributed by atoms with Gasteiger partial charge in [-0.2, -0.15) is 5.10 Å². The number of primary amides is 1. The third kappa shape index (κ3) is 4.68. The van der Waals surface area contributed by atoms with Crippen LogP contribution in [0.1, 0.15) is 48.8 Å². The van der Waals surface area contributed by atoms with Gasteiger partial charge in [-0.25, -0.2) is 0 Å². The van der Waals surface area contributed by atoms with Crippen LogP contribution in [0.2, 0.25) is 0 Å². The van der Waals surface area contributed by atoms with E-state index in [9.17, 15) is 9.59 Å². The highest BCUT2D eigenvalue weighted by molar-refractivity contribution is 5.95. The van der Waals surface area contributed by atoms with Crippen molar-refractivity contribution in [2.75, 3.05) is 6.54 Å². The number of hydrogen-bond donors (Lipinski definition) is 1. The summed E-state index contributed by atoms with van der Waals surface area (Å²) in [7, 11) is 0. The van der Waals surface area contributed by atoms with Gasteiger partial charge in [-0.15, -0.1) is 0 Å². The zero-order valence-electron chi connectivity index (χ0n) is 15.3. The molecule has 1 heterocycles. The van der Waals surface area contributed by atoms with Gasteiger partial charge in [0.1, 0.15) is 0 Å². The van der Waals surface area contributed by atoms with Crippen molar-refractivity contribution in [1.82, 2.24) is 14.7 Å². The third-order valence-corrected chi connectivity index (χ3v) is 4.01. The van der Waals surface area contributed by atoms with Gasteiger partial charge in [0.25, 0.3) is 5.91 Å². The first kappa shape index (κ1) is 18.7. The second kappa shape index (κ2) is 7.51. The molecule has 2 rings (SSSR count). The van der Waals surface area contributed by atoms with Crippen molar-refractivity contribution in [2.24, 2.45) is 5.73 Å². The van der Waals surface area contributed by atoms with E-state index in [1.54, 1.807) is 11.1 Å². The molecule has 0 aliphatic carbocycles. The van der Waals surface area contributed by atoms with Gasteiger partial charge in [0.05, 0.1) is 17.3 Å². The first-order valence-electron chi connectivity index (χ1n) is 8.36. The number of nitrogens with two attached hydrogens (primary N) is 1. The van der Waals surface area contributed by atoms with E-state index >= 15 is 0 Å². The average molecular weight is 342 g/mol. The molecule has 0 unspecified atom stereocenters. The molecule has 1 aromatic heterocycles. The number of amides is 2. The summed E-state index contributed by atoms with van der Waals surface area (Å²) in [6.07, 6.45) is 1.73. The summed E-state index contributed by atoms with van der Waals surface area (Å²) in [5.41, 5.74) is 7.43. The van der Waals surface area contributed by atoms with Crippen LogP contribution >= 0.6 is 0 Å². The van der Waals surface area contributed by atoms with E-state index in [1.807, 2.05) is 62.7 Å². The van der Waals surface area contributed by atoms with Gasteiger partial charge in [-0.3, -0.25) is 14.3 Å². The van der Waals surface area contributed by atoms with Crippen molar-refractivity contribution >= 4 is 11.8 Å². The van der Waals surface area contributed by atoms with Crippen LogP contribution in [-0.2, 0) is 16.9 Å². The highest BCUT2D eigenvalue weighted by Crippen LogP contribution is 2.20. The molecule has 1 aromatic carbocycles. The Balaban J connectivity index is 2.28. The fourth-order valence-electron chi connectivity index (χ4n) is 2.77. The van der Waals surface area contributed by atoms with Crippen molar-refractivity contribution in [3.63, 3.8) is 0 Å². The van der Waals surface area contributed by atoms with Crippen LogP contribution in [0.15, 0.2) is 36.5 Å². The van der Waals surface area contributed by atoms with Gasteiger partial charge in [-0.05, 0) is 33.3 Å². The lowest BCUT2D eigenvalue weighted by atomic mass is 10.1. The Labute approximate surface area is 148 Å². The zero-order chi connectivity index (χ0) is 18.6. The third-order valence-electron chi connectivity index (χ3n) is 4.01. The molecule has 0 atom stereocenters.